The molecule has 2 saturated heterocycles. The van der Waals surface area contributed by atoms with Crippen molar-refractivity contribution in [2.45, 2.75) is 24.9 Å². The number of carbonyl (C=O) groups is 1. The van der Waals surface area contributed by atoms with Gasteiger partial charge >= 0.3 is 5.69 Å². The molecule has 2 fully saturated rings. The van der Waals surface area contributed by atoms with E-state index < -0.39 is 28.1 Å². The van der Waals surface area contributed by atoms with Gasteiger partial charge in [-0.15, -0.1) is 0 Å². The molecule has 0 aliphatic carbocycles. The second-order valence-corrected chi connectivity index (χ2v) is 6.37. The predicted octanol–water partition coefficient (Wildman–Crippen LogP) is 1.17. The SMILES string of the molecule is O=C(N/N=C1\C[C@H](n2cc([N+](=O)[O-])cn2)[C@H]2CO[C@H]1O2)c1ccccc1[N+](=O)[O-]. The Labute approximate surface area is 162 Å². The largest absolute Gasteiger partial charge is 0.344 e. The van der Waals surface area contributed by atoms with Gasteiger partial charge in [-0.25, -0.2) is 5.43 Å². The summed E-state index contributed by atoms with van der Waals surface area (Å²) < 4.78 is 12.6. The number of rotatable bonds is 5. The molecule has 1 N–H and O–H groups in total. The number of para-hydroxylation sites is 1. The molecule has 0 radical (unpaired) electrons. The Morgan fingerprint density at radius 3 is 2.79 bits per heavy atom. The van der Waals surface area contributed by atoms with E-state index in [2.05, 4.69) is 15.6 Å². The lowest BCUT2D eigenvalue weighted by Gasteiger charge is -2.28. The molecule has 2 bridgehead atoms. The Bertz CT molecular complexity index is 1020. The maximum atomic E-state index is 12.4. The third-order valence-corrected chi connectivity index (χ3v) is 4.61. The Kier molecular flexibility index (Phi) is 4.74. The van der Waals surface area contributed by atoms with E-state index in [1.807, 2.05) is 0 Å². The molecule has 0 unspecified atom stereocenters. The summed E-state index contributed by atoms with van der Waals surface area (Å²) in [7, 11) is 0. The van der Waals surface area contributed by atoms with E-state index in [9.17, 15) is 25.0 Å². The lowest BCUT2D eigenvalue weighted by Crippen LogP contribution is -2.38. The highest BCUT2D eigenvalue weighted by molar-refractivity contribution is 5.99. The first-order valence-electron chi connectivity index (χ1n) is 8.50. The second-order valence-electron chi connectivity index (χ2n) is 6.37. The molecule has 0 saturated carbocycles. The Morgan fingerprint density at radius 2 is 2.07 bits per heavy atom. The maximum Gasteiger partial charge on any atom is 0.307 e. The zero-order valence-corrected chi connectivity index (χ0v) is 14.7. The highest BCUT2D eigenvalue weighted by Crippen LogP contribution is 2.33. The number of nitro benzene ring substituents is 1. The van der Waals surface area contributed by atoms with Gasteiger partial charge in [0.1, 0.15) is 24.1 Å². The van der Waals surface area contributed by atoms with E-state index in [1.54, 1.807) is 0 Å². The summed E-state index contributed by atoms with van der Waals surface area (Å²) in [4.78, 5) is 33.1. The Hall–Kier alpha value is -3.71. The zero-order chi connectivity index (χ0) is 20.5. The number of aromatic nitrogens is 2. The molecule has 2 aromatic rings. The van der Waals surface area contributed by atoms with Crippen LogP contribution in [0.1, 0.15) is 22.8 Å². The van der Waals surface area contributed by atoms with Gasteiger partial charge in [-0.2, -0.15) is 10.2 Å². The molecule has 1 aromatic heterocycles. The smallest absolute Gasteiger partial charge is 0.307 e. The molecule has 0 spiro atoms. The summed E-state index contributed by atoms with van der Waals surface area (Å²) >= 11 is 0. The predicted molar refractivity (Wildman–Crippen MR) is 95.1 cm³/mol. The average molecular weight is 402 g/mol. The first-order valence-corrected chi connectivity index (χ1v) is 8.50. The lowest BCUT2D eigenvalue weighted by molar-refractivity contribution is -0.385. The number of hydrogen-bond donors (Lipinski definition) is 1. The highest BCUT2D eigenvalue weighted by atomic mass is 16.7. The normalized spacial score (nSPS) is 24.4. The number of amides is 1. The van der Waals surface area contributed by atoms with E-state index in [4.69, 9.17) is 9.47 Å². The van der Waals surface area contributed by atoms with Crippen LogP contribution in [0.25, 0.3) is 0 Å². The van der Waals surface area contributed by atoms with Crippen LogP contribution in [0, 0.1) is 20.2 Å². The molecular formula is C16H14N6O7. The molecule has 2 aliphatic heterocycles. The number of benzene rings is 1. The fourth-order valence-electron chi connectivity index (χ4n) is 3.21. The summed E-state index contributed by atoms with van der Waals surface area (Å²) in [5.74, 6) is -0.754. The first-order chi connectivity index (χ1) is 13.9. The van der Waals surface area contributed by atoms with Gasteiger partial charge in [-0.1, -0.05) is 12.1 Å². The van der Waals surface area contributed by atoms with Gasteiger partial charge in [-0.3, -0.25) is 29.7 Å². The fraction of sp³-hybridized carbons (Fsp3) is 0.312. The topological polar surface area (TPSA) is 164 Å². The molecular weight excluding hydrogens is 388 g/mol. The van der Waals surface area contributed by atoms with Gasteiger partial charge in [-0.05, 0) is 6.07 Å². The second kappa shape index (κ2) is 7.37. The number of hydrogen-bond acceptors (Lipinski definition) is 9. The van der Waals surface area contributed by atoms with Crippen LogP contribution in [0.2, 0.25) is 0 Å². The number of ether oxygens (including phenoxy) is 2. The number of carbonyl (C=O) groups excluding carboxylic acids is 1. The monoisotopic (exact) mass is 402 g/mol. The van der Waals surface area contributed by atoms with Crippen molar-refractivity contribution in [1.82, 2.24) is 15.2 Å². The molecule has 13 nitrogen and oxygen atoms in total. The summed E-state index contributed by atoms with van der Waals surface area (Å²) in [6.07, 6.45) is 1.55. The van der Waals surface area contributed by atoms with Gasteiger partial charge in [0.25, 0.3) is 11.6 Å². The van der Waals surface area contributed by atoms with Gasteiger partial charge in [0.2, 0.25) is 0 Å². The minimum absolute atomic E-state index is 0.136. The molecule has 150 valence electrons. The van der Waals surface area contributed by atoms with Crippen LogP contribution in [-0.4, -0.2) is 50.2 Å². The molecule has 3 heterocycles. The minimum atomic E-state index is -0.771. The number of nitrogens with one attached hydrogen (secondary N) is 1. The standard InChI is InChI=1S/C16H14N6O7/c23-15(10-3-1-2-4-12(10)22(26)27)19-18-11-5-13(14-8-28-16(11)29-14)20-7-9(6-17-20)21(24)25/h1-4,6-7,13-14,16H,5,8H2,(H,19,23)/b18-11+/t13-,14+,16-/m0/s1. The van der Waals surface area contributed by atoms with Crippen molar-refractivity contribution in [2.24, 2.45) is 5.10 Å². The molecule has 4 rings (SSSR count). The summed E-state index contributed by atoms with van der Waals surface area (Å²) in [6.45, 7) is 0.236. The van der Waals surface area contributed by atoms with Crippen molar-refractivity contribution in [3.8, 4) is 0 Å². The molecule has 29 heavy (non-hydrogen) atoms. The first kappa shape index (κ1) is 18.6. The highest BCUT2D eigenvalue weighted by Gasteiger charge is 2.43. The van der Waals surface area contributed by atoms with E-state index in [1.165, 1.54) is 35.1 Å². The average Bonchev–Trinajstić information content (AvgIpc) is 3.36. The Balaban J connectivity index is 1.53. The van der Waals surface area contributed by atoms with Gasteiger partial charge < -0.3 is 9.47 Å². The Morgan fingerprint density at radius 1 is 1.28 bits per heavy atom. The summed E-state index contributed by atoms with van der Waals surface area (Å²) in [5.41, 5.74) is 1.99. The van der Waals surface area contributed by atoms with Gasteiger partial charge in [0, 0.05) is 12.5 Å². The van der Waals surface area contributed by atoms with Gasteiger partial charge in [0.05, 0.1) is 28.2 Å². The third-order valence-electron chi connectivity index (χ3n) is 4.61. The van der Waals surface area contributed by atoms with E-state index in [-0.39, 0.29) is 36.1 Å². The lowest BCUT2D eigenvalue weighted by atomic mass is 10.0. The number of hydrazone groups is 1. The van der Waals surface area contributed by atoms with Crippen LogP contribution in [0.3, 0.4) is 0 Å². The molecule has 1 aromatic carbocycles. The third kappa shape index (κ3) is 3.55. The number of nitro groups is 2. The molecule has 13 heteroatoms. The van der Waals surface area contributed by atoms with Gasteiger partial charge in [0.15, 0.2) is 6.29 Å². The molecule has 2 aliphatic rings. The maximum absolute atomic E-state index is 12.4. The van der Waals surface area contributed by atoms with Crippen molar-refractivity contribution in [2.75, 3.05) is 6.61 Å². The van der Waals surface area contributed by atoms with Crippen LogP contribution >= 0.6 is 0 Å². The number of fused-ring (bicyclic) bond motifs is 2. The van der Waals surface area contributed by atoms with Crippen molar-refractivity contribution >= 4 is 23.0 Å². The summed E-state index contributed by atoms with van der Waals surface area (Å²) in [5, 5.41) is 30.0. The van der Waals surface area contributed by atoms with E-state index in [0.717, 1.165) is 6.20 Å². The van der Waals surface area contributed by atoms with Crippen molar-refractivity contribution in [3.63, 3.8) is 0 Å². The van der Waals surface area contributed by atoms with Crippen molar-refractivity contribution in [1.29, 1.82) is 0 Å². The quantitative estimate of drug-likeness (QED) is 0.575. The zero-order valence-electron chi connectivity index (χ0n) is 14.7. The van der Waals surface area contributed by atoms with Crippen LogP contribution in [0.5, 0.6) is 0 Å². The van der Waals surface area contributed by atoms with Crippen LogP contribution in [0.4, 0.5) is 11.4 Å². The summed E-state index contributed by atoms with van der Waals surface area (Å²) in [6, 6.07) is 5.08. The number of nitrogens with zero attached hydrogens (tertiary/aromatic N) is 5. The minimum Gasteiger partial charge on any atom is -0.344 e. The van der Waals surface area contributed by atoms with Crippen LogP contribution in [-0.2, 0) is 9.47 Å². The molecule has 3 atom stereocenters. The van der Waals surface area contributed by atoms with Crippen molar-refractivity contribution < 1.29 is 24.1 Å². The van der Waals surface area contributed by atoms with Crippen molar-refractivity contribution in [3.05, 3.63) is 62.5 Å². The molecule has 1 amide bonds. The fourth-order valence-corrected chi connectivity index (χ4v) is 3.21. The van der Waals surface area contributed by atoms with E-state index >= 15 is 0 Å². The van der Waals surface area contributed by atoms with E-state index in [0.29, 0.717) is 5.71 Å². The van der Waals surface area contributed by atoms with Crippen LogP contribution < -0.4 is 5.43 Å². The van der Waals surface area contributed by atoms with Crippen LogP contribution in [0.15, 0.2) is 41.8 Å².